The maximum absolute atomic E-state index is 12.4. The van der Waals surface area contributed by atoms with Gasteiger partial charge in [-0.2, -0.15) is 0 Å². The number of hydrogen-bond donors (Lipinski definition) is 1. The van der Waals surface area contributed by atoms with E-state index in [0.717, 1.165) is 38.0 Å². The summed E-state index contributed by atoms with van der Waals surface area (Å²) in [4.78, 5) is 16.5. The van der Waals surface area contributed by atoms with E-state index < -0.39 is 0 Å². The minimum absolute atomic E-state index is 0.167. The Bertz CT molecular complexity index is 692. The largest absolute Gasteiger partial charge is 0.381 e. The van der Waals surface area contributed by atoms with Crippen molar-refractivity contribution < 1.29 is 14.1 Å². The summed E-state index contributed by atoms with van der Waals surface area (Å²) < 4.78 is 10.7. The fourth-order valence-electron chi connectivity index (χ4n) is 3.56. The molecular weight excluding hydrogens is 294 g/mol. The third kappa shape index (κ3) is 2.63. The van der Waals surface area contributed by atoms with Crippen molar-refractivity contribution in [3.63, 3.8) is 0 Å². The van der Waals surface area contributed by atoms with E-state index in [1.807, 2.05) is 12.1 Å². The Labute approximate surface area is 134 Å². The smallest absolute Gasteiger partial charge is 0.273 e. The number of rotatable bonds is 3. The second kappa shape index (κ2) is 5.77. The van der Waals surface area contributed by atoms with E-state index in [4.69, 9.17) is 9.26 Å². The Morgan fingerprint density at radius 3 is 2.87 bits per heavy atom. The second-order valence-electron chi connectivity index (χ2n) is 6.36. The van der Waals surface area contributed by atoms with Crippen LogP contribution < -0.4 is 5.32 Å². The Kier molecular flexibility index (Phi) is 3.61. The molecule has 1 aliphatic heterocycles. The predicted octanol–water partition coefficient (Wildman–Crippen LogP) is 2.43. The van der Waals surface area contributed by atoms with Gasteiger partial charge in [0.2, 0.25) is 0 Å². The molecule has 2 aromatic rings. The van der Waals surface area contributed by atoms with Crippen LogP contribution in [0.15, 0.2) is 35.1 Å². The van der Waals surface area contributed by atoms with Crippen LogP contribution in [0, 0.1) is 5.41 Å². The average molecular weight is 313 g/mol. The number of carbonyl (C=O) groups excluding carboxylic acids is 1. The Hall–Kier alpha value is -2.21. The van der Waals surface area contributed by atoms with Crippen molar-refractivity contribution in [2.24, 2.45) is 5.41 Å². The fraction of sp³-hybridized carbons (Fsp3) is 0.471. The highest BCUT2D eigenvalue weighted by molar-refractivity contribution is 5.93. The van der Waals surface area contributed by atoms with Gasteiger partial charge in [-0.15, -0.1) is 0 Å². The van der Waals surface area contributed by atoms with Crippen LogP contribution >= 0.6 is 0 Å². The molecule has 0 aromatic carbocycles. The zero-order valence-electron chi connectivity index (χ0n) is 12.8. The molecule has 1 N–H and O–H groups in total. The van der Waals surface area contributed by atoms with Gasteiger partial charge in [-0.3, -0.25) is 9.78 Å². The van der Waals surface area contributed by atoms with Crippen molar-refractivity contribution in [1.29, 1.82) is 0 Å². The van der Waals surface area contributed by atoms with Gasteiger partial charge in [0.05, 0.1) is 0 Å². The number of pyridine rings is 1. The normalized spacial score (nSPS) is 22.5. The third-order valence-electron chi connectivity index (χ3n) is 5.15. The lowest BCUT2D eigenvalue weighted by molar-refractivity contribution is -0.0523. The highest BCUT2D eigenvalue weighted by Crippen LogP contribution is 2.48. The molecule has 6 nitrogen and oxygen atoms in total. The van der Waals surface area contributed by atoms with Crippen LogP contribution in [-0.4, -0.2) is 35.3 Å². The Balaban J connectivity index is 1.45. The summed E-state index contributed by atoms with van der Waals surface area (Å²) in [6, 6.07) is 5.58. The molecule has 1 spiro atoms. The summed E-state index contributed by atoms with van der Waals surface area (Å²) in [7, 11) is 0. The molecule has 6 heteroatoms. The molecule has 1 unspecified atom stereocenters. The molecule has 2 aromatic heterocycles. The predicted molar refractivity (Wildman–Crippen MR) is 82.7 cm³/mol. The van der Waals surface area contributed by atoms with Crippen LogP contribution in [0.3, 0.4) is 0 Å². The number of nitrogens with one attached hydrogen (secondary N) is 1. The summed E-state index contributed by atoms with van der Waals surface area (Å²) in [5.41, 5.74) is 1.35. The number of amides is 1. The molecule has 4 rings (SSSR count). The van der Waals surface area contributed by atoms with Crippen LogP contribution in [0.1, 0.15) is 36.2 Å². The van der Waals surface area contributed by atoms with Crippen LogP contribution in [0.2, 0.25) is 0 Å². The summed E-state index contributed by atoms with van der Waals surface area (Å²) >= 11 is 0. The zero-order valence-corrected chi connectivity index (χ0v) is 12.8. The lowest BCUT2D eigenvalue weighted by Crippen LogP contribution is -2.57. The van der Waals surface area contributed by atoms with Gasteiger partial charge in [-0.05, 0) is 43.2 Å². The second-order valence-corrected chi connectivity index (χ2v) is 6.36. The molecule has 120 valence electrons. The molecule has 1 aliphatic carbocycles. The molecule has 1 amide bonds. The molecule has 23 heavy (non-hydrogen) atoms. The lowest BCUT2D eigenvalue weighted by atomic mass is 9.60. The first kappa shape index (κ1) is 14.4. The van der Waals surface area contributed by atoms with Crippen molar-refractivity contribution in [1.82, 2.24) is 15.5 Å². The molecule has 2 aliphatic rings. The van der Waals surface area contributed by atoms with Gasteiger partial charge in [0.1, 0.15) is 0 Å². The quantitative estimate of drug-likeness (QED) is 0.941. The van der Waals surface area contributed by atoms with Gasteiger partial charge in [-0.1, -0.05) is 5.16 Å². The van der Waals surface area contributed by atoms with Gasteiger partial charge in [0.25, 0.3) is 5.91 Å². The molecule has 2 fully saturated rings. The molecule has 0 radical (unpaired) electrons. The summed E-state index contributed by atoms with van der Waals surface area (Å²) in [5.74, 6) is 0.386. The summed E-state index contributed by atoms with van der Waals surface area (Å²) in [6.45, 7) is 1.59. The first-order chi connectivity index (χ1) is 11.3. The number of hydrogen-bond acceptors (Lipinski definition) is 5. The van der Waals surface area contributed by atoms with Crippen molar-refractivity contribution in [2.45, 2.75) is 31.7 Å². The molecule has 1 saturated carbocycles. The van der Waals surface area contributed by atoms with E-state index in [1.165, 1.54) is 6.42 Å². The summed E-state index contributed by atoms with van der Waals surface area (Å²) in [6.07, 6.45) is 7.62. The maximum atomic E-state index is 12.4. The topological polar surface area (TPSA) is 77.2 Å². The monoisotopic (exact) mass is 313 g/mol. The Morgan fingerprint density at radius 1 is 1.30 bits per heavy atom. The minimum atomic E-state index is -0.167. The van der Waals surface area contributed by atoms with Crippen LogP contribution in [0.5, 0.6) is 0 Å². The van der Waals surface area contributed by atoms with E-state index in [-0.39, 0.29) is 17.4 Å². The highest BCUT2D eigenvalue weighted by atomic mass is 16.5. The Morgan fingerprint density at radius 2 is 2.17 bits per heavy atom. The number of nitrogens with zero attached hydrogens (tertiary/aromatic N) is 2. The third-order valence-corrected chi connectivity index (χ3v) is 5.15. The summed E-state index contributed by atoms with van der Waals surface area (Å²) in [5, 5.41) is 7.02. The van der Waals surface area contributed by atoms with Gasteiger partial charge in [-0.25, -0.2) is 0 Å². The van der Waals surface area contributed by atoms with E-state index in [1.54, 1.807) is 18.5 Å². The number of carbonyl (C=O) groups is 1. The van der Waals surface area contributed by atoms with E-state index >= 15 is 0 Å². The molecule has 3 heterocycles. The van der Waals surface area contributed by atoms with Gasteiger partial charge < -0.3 is 14.6 Å². The van der Waals surface area contributed by atoms with Crippen LogP contribution in [-0.2, 0) is 4.74 Å². The van der Waals surface area contributed by atoms with Crippen molar-refractivity contribution >= 4 is 5.91 Å². The first-order valence-electron chi connectivity index (χ1n) is 8.03. The highest BCUT2D eigenvalue weighted by Gasteiger charge is 2.48. The van der Waals surface area contributed by atoms with Crippen molar-refractivity contribution in [2.75, 3.05) is 13.2 Å². The lowest BCUT2D eigenvalue weighted by Gasteiger charge is -2.51. The van der Waals surface area contributed by atoms with E-state index in [2.05, 4.69) is 15.5 Å². The standard InChI is InChI=1S/C17H19N3O3/c21-16(19-15-3-4-17(15)5-8-22-9-6-17)13-10-14(23-20-13)12-2-1-7-18-11-12/h1-2,7,10-11,15H,3-6,8-9H2,(H,19,21). The number of ether oxygens (including phenoxy) is 1. The average Bonchev–Trinajstić information content (AvgIpc) is 3.10. The minimum Gasteiger partial charge on any atom is -0.381 e. The first-order valence-corrected chi connectivity index (χ1v) is 8.03. The van der Waals surface area contributed by atoms with E-state index in [9.17, 15) is 4.79 Å². The molecular formula is C17H19N3O3. The maximum Gasteiger partial charge on any atom is 0.273 e. The SMILES string of the molecule is O=C(NC1CCC12CCOCC2)c1cc(-c2cccnc2)on1. The van der Waals surface area contributed by atoms with Crippen molar-refractivity contribution in [3.8, 4) is 11.3 Å². The van der Waals surface area contributed by atoms with Crippen molar-refractivity contribution in [3.05, 3.63) is 36.3 Å². The van der Waals surface area contributed by atoms with E-state index in [0.29, 0.717) is 11.5 Å². The molecule has 1 saturated heterocycles. The zero-order chi connectivity index (χ0) is 15.7. The van der Waals surface area contributed by atoms with Gasteiger partial charge in [0.15, 0.2) is 11.5 Å². The van der Waals surface area contributed by atoms with Crippen LogP contribution in [0.25, 0.3) is 11.3 Å². The fourth-order valence-corrected chi connectivity index (χ4v) is 3.56. The molecule has 0 bridgehead atoms. The van der Waals surface area contributed by atoms with Gasteiger partial charge >= 0.3 is 0 Å². The van der Waals surface area contributed by atoms with Gasteiger partial charge in [0, 0.05) is 43.3 Å². The number of aromatic nitrogens is 2. The molecule has 1 atom stereocenters. The van der Waals surface area contributed by atoms with Crippen LogP contribution in [0.4, 0.5) is 0 Å².